The van der Waals surface area contributed by atoms with Crippen LogP contribution in [0.1, 0.15) is 16.7 Å². The zero-order valence-corrected chi connectivity index (χ0v) is 18.8. The van der Waals surface area contributed by atoms with Gasteiger partial charge in [0.1, 0.15) is 17.2 Å². The molecule has 0 aliphatic carbocycles. The minimum atomic E-state index is -4.80. The molecule has 0 spiro atoms. The SMILES string of the molecule is O=[C]c1cccc(CC(=O)OCCc2c(Cl)cc(Cl)cc2Oc2ccc(OC(F)(F)F)cc2)c1. The van der Waals surface area contributed by atoms with Crippen LogP contribution < -0.4 is 9.47 Å². The first-order valence-electron chi connectivity index (χ1n) is 9.77. The van der Waals surface area contributed by atoms with Gasteiger partial charge >= 0.3 is 12.3 Å². The van der Waals surface area contributed by atoms with E-state index < -0.39 is 18.1 Å². The number of rotatable bonds is 9. The normalized spacial score (nSPS) is 11.1. The van der Waals surface area contributed by atoms with E-state index in [2.05, 4.69) is 4.74 Å². The number of esters is 1. The molecule has 0 aliphatic rings. The molecule has 1 radical (unpaired) electrons. The molecule has 10 heteroatoms. The van der Waals surface area contributed by atoms with Crippen LogP contribution in [0.2, 0.25) is 10.0 Å². The number of alkyl halides is 3. The van der Waals surface area contributed by atoms with Crippen molar-refractivity contribution < 1.29 is 37.0 Å². The summed E-state index contributed by atoms with van der Waals surface area (Å²) in [5.74, 6) is -0.422. The molecular weight excluding hydrogens is 496 g/mol. The molecule has 0 N–H and O–H groups in total. The number of ether oxygens (including phenoxy) is 3. The van der Waals surface area contributed by atoms with Crippen molar-refractivity contribution in [1.29, 1.82) is 0 Å². The Labute approximate surface area is 203 Å². The van der Waals surface area contributed by atoms with Crippen LogP contribution in [0.15, 0.2) is 60.7 Å². The Morgan fingerprint density at radius 1 is 0.971 bits per heavy atom. The lowest BCUT2D eigenvalue weighted by Gasteiger charge is -2.15. The van der Waals surface area contributed by atoms with Crippen molar-refractivity contribution in [3.8, 4) is 17.2 Å². The van der Waals surface area contributed by atoms with Gasteiger partial charge in [0, 0.05) is 27.6 Å². The Kier molecular flexibility index (Phi) is 8.41. The largest absolute Gasteiger partial charge is 0.573 e. The predicted molar refractivity (Wildman–Crippen MR) is 119 cm³/mol. The Morgan fingerprint density at radius 2 is 1.68 bits per heavy atom. The molecule has 34 heavy (non-hydrogen) atoms. The summed E-state index contributed by atoms with van der Waals surface area (Å²) < 4.78 is 51.8. The second-order valence-corrected chi connectivity index (χ2v) is 7.78. The van der Waals surface area contributed by atoms with Gasteiger partial charge in [-0.15, -0.1) is 13.2 Å². The fourth-order valence-electron chi connectivity index (χ4n) is 2.98. The third kappa shape index (κ3) is 7.67. The van der Waals surface area contributed by atoms with Crippen LogP contribution in [0.3, 0.4) is 0 Å². The van der Waals surface area contributed by atoms with E-state index in [1.807, 2.05) is 0 Å². The number of halogens is 5. The molecule has 0 bridgehead atoms. The Bertz CT molecular complexity index is 1160. The Hall–Kier alpha value is -3.23. The summed E-state index contributed by atoms with van der Waals surface area (Å²) in [4.78, 5) is 22.9. The van der Waals surface area contributed by atoms with E-state index >= 15 is 0 Å². The van der Waals surface area contributed by atoms with Crippen molar-refractivity contribution in [3.63, 3.8) is 0 Å². The van der Waals surface area contributed by atoms with Gasteiger partial charge < -0.3 is 14.2 Å². The van der Waals surface area contributed by atoms with E-state index in [4.69, 9.17) is 32.7 Å². The number of carbonyl (C=O) groups is 1. The highest BCUT2D eigenvalue weighted by Gasteiger charge is 2.31. The highest BCUT2D eigenvalue weighted by molar-refractivity contribution is 6.35. The third-order valence-corrected chi connectivity index (χ3v) is 4.97. The minimum Gasteiger partial charge on any atom is -0.465 e. The average Bonchev–Trinajstić information content (AvgIpc) is 2.76. The molecule has 0 heterocycles. The number of hydrogen-bond donors (Lipinski definition) is 0. The van der Waals surface area contributed by atoms with E-state index in [1.54, 1.807) is 30.6 Å². The fraction of sp³-hybridized carbons (Fsp3) is 0.167. The van der Waals surface area contributed by atoms with Crippen molar-refractivity contribution in [3.05, 3.63) is 87.4 Å². The summed E-state index contributed by atoms with van der Waals surface area (Å²) in [6, 6.07) is 14.2. The smallest absolute Gasteiger partial charge is 0.465 e. The average molecular weight is 512 g/mol. The van der Waals surface area contributed by atoms with Crippen molar-refractivity contribution in [1.82, 2.24) is 0 Å². The maximum absolute atomic E-state index is 12.3. The van der Waals surface area contributed by atoms with E-state index in [1.165, 1.54) is 24.3 Å². The molecule has 0 aromatic heterocycles. The van der Waals surface area contributed by atoms with Crippen molar-refractivity contribution in [2.45, 2.75) is 19.2 Å². The maximum atomic E-state index is 12.3. The lowest BCUT2D eigenvalue weighted by atomic mass is 10.1. The molecule has 0 aliphatic heterocycles. The second-order valence-electron chi connectivity index (χ2n) is 6.94. The molecule has 3 rings (SSSR count). The van der Waals surface area contributed by atoms with Crippen LogP contribution in [-0.4, -0.2) is 25.2 Å². The van der Waals surface area contributed by atoms with E-state index in [-0.39, 0.29) is 41.0 Å². The molecule has 177 valence electrons. The van der Waals surface area contributed by atoms with Gasteiger partial charge in [0.15, 0.2) is 0 Å². The Morgan fingerprint density at radius 3 is 2.35 bits per heavy atom. The van der Waals surface area contributed by atoms with E-state index in [0.717, 1.165) is 12.1 Å². The van der Waals surface area contributed by atoms with Gasteiger partial charge in [-0.25, -0.2) is 0 Å². The van der Waals surface area contributed by atoms with E-state index in [9.17, 15) is 22.8 Å². The van der Waals surface area contributed by atoms with Gasteiger partial charge in [-0.2, -0.15) is 0 Å². The second kappa shape index (κ2) is 11.3. The lowest BCUT2D eigenvalue weighted by Crippen LogP contribution is -2.16. The molecule has 3 aromatic carbocycles. The lowest BCUT2D eigenvalue weighted by molar-refractivity contribution is -0.274. The summed E-state index contributed by atoms with van der Waals surface area (Å²) in [5.41, 5.74) is 1.43. The molecular formula is C24H16Cl2F3O5. The number of benzene rings is 3. The summed E-state index contributed by atoms with van der Waals surface area (Å²) in [7, 11) is 0. The first-order chi connectivity index (χ1) is 16.1. The monoisotopic (exact) mass is 511 g/mol. The highest BCUT2D eigenvalue weighted by atomic mass is 35.5. The van der Waals surface area contributed by atoms with Crippen molar-refractivity contribution in [2.24, 2.45) is 0 Å². The van der Waals surface area contributed by atoms with Gasteiger partial charge in [-0.3, -0.25) is 9.59 Å². The summed E-state index contributed by atoms with van der Waals surface area (Å²) >= 11 is 12.4. The van der Waals surface area contributed by atoms with E-state index in [0.29, 0.717) is 16.7 Å². The Balaban J connectivity index is 1.64. The molecule has 0 saturated heterocycles. The zero-order valence-electron chi connectivity index (χ0n) is 17.3. The molecule has 0 amide bonds. The van der Waals surface area contributed by atoms with Crippen LogP contribution in [0.25, 0.3) is 0 Å². The minimum absolute atomic E-state index is 0.0194. The number of hydrogen-bond acceptors (Lipinski definition) is 5. The van der Waals surface area contributed by atoms with Crippen LogP contribution >= 0.6 is 23.2 Å². The quantitative estimate of drug-likeness (QED) is 0.308. The highest BCUT2D eigenvalue weighted by Crippen LogP contribution is 2.35. The van der Waals surface area contributed by atoms with Crippen LogP contribution in [-0.2, 0) is 27.2 Å². The fourth-order valence-corrected chi connectivity index (χ4v) is 3.55. The standard InChI is InChI=1S/C24H16Cl2F3O5/c25-17-12-21(26)20(8-9-32-23(31)11-15-2-1-3-16(10-15)14-30)22(13-17)33-18-4-6-19(7-5-18)34-24(27,28)29/h1-7,10,12-13H,8-9,11H2. The zero-order chi connectivity index (χ0) is 24.7. The molecule has 0 unspecified atom stereocenters. The summed E-state index contributed by atoms with van der Waals surface area (Å²) in [5, 5.41) is 0.550. The summed E-state index contributed by atoms with van der Waals surface area (Å²) in [6.07, 6.45) is -2.88. The molecule has 0 fully saturated rings. The molecule has 3 aromatic rings. The van der Waals surface area contributed by atoms with Gasteiger partial charge in [-0.05, 0) is 48.0 Å². The first-order valence-corrected chi connectivity index (χ1v) is 10.5. The van der Waals surface area contributed by atoms with Crippen molar-refractivity contribution in [2.75, 3.05) is 6.61 Å². The molecule has 0 saturated carbocycles. The van der Waals surface area contributed by atoms with Gasteiger partial charge in [0.05, 0.1) is 13.0 Å². The number of carbonyl (C=O) groups excluding carboxylic acids is 2. The third-order valence-electron chi connectivity index (χ3n) is 4.41. The predicted octanol–water partition coefficient (Wildman–Crippen LogP) is 6.47. The maximum Gasteiger partial charge on any atom is 0.573 e. The van der Waals surface area contributed by atoms with Crippen LogP contribution in [0.4, 0.5) is 13.2 Å². The topological polar surface area (TPSA) is 61.8 Å². The van der Waals surface area contributed by atoms with Crippen LogP contribution in [0.5, 0.6) is 17.2 Å². The van der Waals surface area contributed by atoms with Gasteiger partial charge in [0.2, 0.25) is 6.29 Å². The van der Waals surface area contributed by atoms with Gasteiger partial charge in [-0.1, -0.05) is 41.4 Å². The molecule has 0 atom stereocenters. The van der Waals surface area contributed by atoms with Gasteiger partial charge in [0.25, 0.3) is 0 Å². The molecule has 5 nitrogen and oxygen atoms in total. The van der Waals surface area contributed by atoms with Crippen molar-refractivity contribution >= 4 is 35.5 Å². The first kappa shape index (κ1) is 25.4. The summed E-state index contributed by atoms with van der Waals surface area (Å²) in [6.45, 7) is -0.0194. The van der Waals surface area contributed by atoms with Crippen LogP contribution in [0, 0.1) is 0 Å².